The van der Waals surface area contributed by atoms with Crippen LogP contribution in [-0.4, -0.2) is 10.2 Å². The number of hydrogen-bond donors (Lipinski definition) is 2. The van der Waals surface area contributed by atoms with Crippen molar-refractivity contribution in [2.24, 2.45) is 0 Å². The van der Waals surface area contributed by atoms with Crippen LogP contribution in [0.15, 0.2) is 53.1 Å². The Morgan fingerprint density at radius 1 is 1.14 bits per heavy atom. The molecular formula is C17H19N3O. The number of nitrogens with zero attached hydrogens (tertiary/aromatic N) is 1. The van der Waals surface area contributed by atoms with Gasteiger partial charge in [-0.15, -0.1) is 0 Å². The highest BCUT2D eigenvalue weighted by molar-refractivity contribution is 5.28. The second-order valence-electron chi connectivity index (χ2n) is 5.15. The highest BCUT2D eigenvalue weighted by Gasteiger charge is 2.17. The largest absolute Gasteiger partial charge is 0.467 e. The molecule has 2 N–H and O–H groups in total. The molecule has 2 aromatic heterocycles. The van der Waals surface area contributed by atoms with Gasteiger partial charge in [0.2, 0.25) is 0 Å². The molecule has 4 nitrogen and oxygen atoms in total. The Morgan fingerprint density at radius 3 is 2.57 bits per heavy atom. The second kappa shape index (κ2) is 5.97. The Morgan fingerprint density at radius 2 is 1.95 bits per heavy atom. The minimum atomic E-state index is 0.0369. The van der Waals surface area contributed by atoms with E-state index in [-0.39, 0.29) is 6.04 Å². The lowest BCUT2D eigenvalue weighted by Crippen LogP contribution is -2.22. The maximum Gasteiger partial charge on any atom is 0.125 e. The van der Waals surface area contributed by atoms with E-state index in [2.05, 4.69) is 27.6 Å². The number of aromatic nitrogens is 2. The van der Waals surface area contributed by atoms with Gasteiger partial charge in [-0.2, -0.15) is 5.10 Å². The van der Waals surface area contributed by atoms with E-state index in [1.807, 2.05) is 44.2 Å². The van der Waals surface area contributed by atoms with Crippen molar-refractivity contribution in [3.05, 3.63) is 77.0 Å². The molecule has 0 saturated carbocycles. The van der Waals surface area contributed by atoms with Crippen LogP contribution in [0.25, 0.3) is 0 Å². The van der Waals surface area contributed by atoms with E-state index in [0.717, 1.165) is 23.7 Å². The highest BCUT2D eigenvalue weighted by Crippen LogP contribution is 2.23. The minimum Gasteiger partial charge on any atom is -0.467 e. The SMILES string of the molecule is Cc1n[nH]c(C)c1CNC(c1ccccc1)c1ccco1. The summed E-state index contributed by atoms with van der Waals surface area (Å²) in [7, 11) is 0. The third-order valence-electron chi connectivity index (χ3n) is 3.72. The molecular weight excluding hydrogens is 262 g/mol. The Labute approximate surface area is 124 Å². The number of furan rings is 1. The summed E-state index contributed by atoms with van der Waals surface area (Å²) in [5.41, 5.74) is 4.53. The molecule has 4 heteroatoms. The summed E-state index contributed by atoms with van der Waals surface area (Å²) < 4.78 is 5.59. The van der Waals surface area contributed by atoms with Gasteiger partial charge in [0.05, 0.1) is 18.0 Å². The topological polar surface area (TPSA) is 53.9 Å². The fourth-order valence-electron chi connectivity index (χ4n) is 2.52. The average Bonchev–Trinajstić information content (AvgIpc) is 3.13. The predicted octanol–water partition coefficient (Wildman–Crippen LogP) is 3.50. The molecule has 1 unspecified atom stereocenters. The first-order chi connectivity index (χ1) is 10.3. The number of rotatable bonds is 5. The quantitative estimate of drug-likeness (QED) is 0.752. The zero-order valence-corrected chi connectivity index (χ0v) is 12.3. The van der Waals surface area contributed by atoms with Crippen LogP contribution in [0.3, 0.4) is 0 Å². The van der Waals surface area contributed by atoms with E-state index in [1.54, 1.807) is 6.26 Å². The van der Waals surface area contributed by atoms with Crippen molar-refractivity contribution in [3.8, 4) is 0 Å². The zero-order chi connectivity index (χ0) is 14.7. The number of H-pyrrole nitrogens is 1. The molecule has 0 aliphatic rings. The Hall–Kier alpha value is -2.33. The molecule has 0 fully saturated rings. The van der Waals surface area contributed by atoms with Gasteiger partial charge in [0, 0.05) is 17.8 Å². The first-order valence-electron chi connectivity index (χ1n) is 7.08. The van der Waals surface area contributed by atoms with Gasteiger partial charge in [0.1, 0.15) is 5.76 Å². The van der Waals surface area contributed by atoms with Crippen LogP contribution in [0.1, 0.15) is 34.3 Å². The molecule has 0 bridgehead atoms. The van der Waals surface area contributed by atoms with Crippen LogP contribution in [0, 0.1) is 13.8 Å². The van der Waals surface area contributed by atoms with Crippen molar-refractivity contribution in [2.75, 3.05) is 0 Å². The van der Waals surface area contributed by atoms with Crippen molar-refractivity contribution >= 4 is 0 Å². The molecule has 1 atom stereocenters. The van der Waals surface area contributed by atoms with Gasteiger partial charge in [0.15, 0.2) is 0 Å². The van der Waals surface area contributed by atoms with Crippen molar-refractivity contribution in [2.45, 2.75) is 26.4 Å². The van der Waals surface area contributed by atoms with Gasteiger partial charge >= 0.3 is 0 Å². The van der Waals surface area contributed by atoms with Crippen molar-refractivity contribution in [3.63, 3.8) is 0 Å². The Bertz CT molecular complexity index is 667. The van der Waals surface area contributed by atoms with Gasteiger partial charge in [-0.1, -0.05) is 30.3 Å². The van der Waals surface area contributed by atoms with Crippen molar-refractivity contribution < 1.29 is 4.42 Å². The first kappa shape index (κ1) is 13.6. The molecule has 108 valence electrons. The van der Waals surface area contributed by atoms with E-state index in [0.29, 0.717) is 0 Å². The van der Waals surface area contributed by atoms with Gasteiger partial charge in [-0.3, -0.25) is 10.4 Å². The van der Waals surface area contributed by atoms with E-state index < -0.39 is 0 Å². The average molecular weight is 281 g/mol. The summed E-state index contributed by atoms with van der Waals surface area (Å²) in [6.07, 6.45) is 1.71. The third kappa shape index (κ3) is 2.90. The summed E-state index contributed by atoms with van der Waals surface area (Å²) in [5, 5.41) is 10.8. The number of benzene rings is 1. The molecule has 0 saturated heterocycles. The smallest absolute Gasteiger partial charge is 0.125 e. The highest BCUT2D eigenvalue weighted by atomic mass is 16.3. The first-order valence-corrected chi connectivity index (χ1v) is 7.08. The van der Waals surface area contributed by atoms with E-state index in [1.165, 1.54) is 11.1 Å². The van der Waals surface area contributed by atoms with Crippen molar-refractivity contribution in [1.82, 2.24) is 15.5 Å². The maximum atomic E-state index is 5.59. The minimum absolute atomic E-state index is 0.0369. The molecule has 0 spiro atoms. The summed E-state index contributed by atoms with van der Waals surface area (Å²) >= 11 is 0. The number of nitrogens with one attached hydrogen (secondary N) is 2. The zero-order valence-electron chi connectivity index (χ0n) is 12.3. The van der Waals surface area contributed by atoms with E-state index in [9.17, 15) is 0 Å². The van der Waals surface area contributed by atoms with E-state index in [4.69, 9.17) is 4.42 Å². The monoisotopic (exact) mass is 281 g/mol. The number of aromatic amines is 1. The van der Waals surface area contributed by atoms with Crippen molar-refractivity contribution in [1.29, 1.82) is 0 Å². The summed E-state index contributed by atoms with van der Waals surface area (Å²) in [6.45, 7) is 4.81. The molecule has 21 heavy (non-hydrogen) atoms. The van der Waals surface area contributed by atoms with Crippen LogP contribution in [0.4, 0.5) is 0 Å². The molecule has 0 radical (unpaired) electrons. The van der Waals surface area contributed by atoms with Crippen LogP contribution in [-0.2, 0) is 6.54 Å². The van der Waals surface area contributed by atoms with E-state index >= 15 is 0 Å². The van der Waals surface area contributed by atoms with Gasteiger partial charge in [0.25, 0.3) is 0 Å². The molecule has 0 aliphatic heterocycles. The molecule has 2 heterocycles. The van der Waals surface area contributed by atoms with Gasteiger partial charge in [-0.25, -0.2) is 0 Å². The molecule has 3 aromatic rings. The summed E-state index contributed by atoms with van der Waals surface area (Å²) in [4.78, 5) is 0. The lowest BCUT2D eigenvalue weighted by molar-refractivity contribution is 0.445. The lowest BCUT2D eigenvalue weighted by atomic mass is 10.0. The second-order valence-corrected chi connectivity index (χ2v) is 5.15. The number of hydrogen-bond acceptors (Lipinski definition) is 3. The Kier molecular flexibility index (Phi) is 3.88. The fourth-order valence-corrected chi connectivity index (χ4v) is 2.52. The fraction of sp³-hybridized carbons (Fsp3) is 0.235. The lowest BCUT2D eigenvalue weighted by Gasteiger charge is -2.17. The van der Waals surface area contributed by atoms with Crippen LogP contribution < -0.4 is 5.32 Å². The predicted molar refractivity (Wildman–Crippen MR) is 81.9 cm³/mol. The number of aryl methyl sites for hydroxylation is 2. The van der Waals surface area contributed by atoms with Crippen LogP contribution in [0.2, 0.25) is 0 Å². The third-order valence-corrected chi connectivity index (χ3v) is 3.72. The normalized spacial score (nSPS) is 12.5. The maximum absolute atomic E-state index is 5.59. The van der Waals surface area contributed by atoms with Gasteiger partial charge in [-0.05, 0) is 31.5 Å². The summed E-state index contributed by atoms with van der Waals surface area (Å²) in [5.74, 6) is 0.917. The molecule has 0 aliphatic carbocycles. The van der Waals surface area contributed by atoms with Crippen LogP contribution in [0.5, 0.6) is 0 Å². The standard InChI is InChI=1S/C17H19N3O/c1-12-15(13(2)20-19-12)11-18-17(16-9-6-10-21-16)14-7-4-3-5-8-14/h3-10,17-18H,11H2,1-2H3,(H,19,20). The van der Waals surface area contributed by atoms with Gasteiger partial charge < -0.3 is 4.42 Å². The van der Waals surface area contributed by atoms with Crippen LogP contribution >= 0.6 is 0 Å². The molecule has 1 aromatic carbocycles. The molecule has 3 rings (SSSR count). The Balaban J connectivity index is 1.84. The summed E-state index contributed by atoms with van der Waals surface area (Å²) in [6, 6.07) is 14.3. The molecule has 0 amide bonds.